The number of carbonyl (C=O) groups excluding carboxylic acids is 1. The average Bonchev–Trinajstić information content (AvgIpc) is 3.28. The molecule has 6 nitrogen and oxygen atoms in total. The van der Waals surface area contributed by atoms with Gasteiger partial charge in [0.1, 0.15) is 18.1 Å². The largest absolute Gasteiger partial charge is 0.396 e. The van der Waals surface area contributed by atoms with Crippen molar-refractivity contribution in [3.8, 4) is 0 Å². The number of nitrogens with zero attached hydrogens (tertiary/aromatic N) is 5. The zero-order valence-electron chi connectivity index (χ0n) is 15.4. The molecular formula is C19H22F3N5O. The monoisotopic (exact) mass is 393 g/mol. The second kappa shape index (κ2) is 7.54. The fourth-order valence-electron chi connectivity index (χ4n) is 4.03. The molecule has 2 aliphatic heterocycles. The van der Waals surface area contributed by atoms with E-state index in [1.165, 1.54) is 0 Å². The Hall–Kier alpha value is -2.42. The highest BCUT2D eigenvalue weighted by atomic mass is 19.4. The van der Waals surface area contributed by atoms with Crippen molar-refractivity contribution in [2.75, 3.05) is 26.2 Å². The van der Waals surface area contributed by atoms with Gasteiger partial charge in [0.2, 0.25) is 0 Å². The van der Waals surface area contributed by atoms with Crippen molar-refractivity contribution in [3.05, 3.63) is 47.5 Å². The van der Waals surface area contributed by atoms with Crippen molar-refractivity contribution >= 4 is 5.91 Å². The Kier molecular flexibility index (Phi) is 5.09. The molecule has 1 amide bonds. The van der Waals surface area contributed by atoms with Gasteiger partial charge in [-0.25, -0.2) is 0 Å². The fraction of sp³-hybridized carbons (Fsp3) is 0.526. The summed E-state index contributed by atoms with van der Waals surface area (Å²) in [6.45, 7) is 3.87. The zero-order chi connectivity index (χ0) is 19.7. The zero-order valence-corrected chi connectivity index (χ0v) is 15.4. The standard InChI is InChI=1S/C19H22F3N5O/c20-19(21,22)10-16-23-24-17-13-25(8-9-27(16)17)11-14-6-7-26(12-14)18(28)15-4-2-1-3-5-15/h1-5,14H,6-13H2/t14-/m0/s1. The summed E-state index contributed by atoms with van der Waals surface area (Å²) >= 11 is 0. The van der Waals surface area contributed by atoms with Gasteiger partial charge in [-0.1, -0.05) is 18.2 Å². The van der Waals surface area contributed by atoms with Gasteiger partial charge in [0.15, 0.2) is 0 Å². The van der Waals surface area contributed by atoms with E-state index in [9.17, 15) is 18.0 Å². The molecule has 2 aromatic rings. The lowest BCUT2D eigenvalue weighted by Crippen LogP contribution is -2.38. The van der Waals surface area contributed by atoms with Crippen LogP contribution in [0.5, 0.6) is 0 Å². The van der Waals surface area contributed by atoms with Gasteiger partial charge in [0.25, 0.3) is 5.91 Å². The van der Waals surface area contributed by atoms with Crippen molar-refractivity contribution in [2.24, 2.45) is 5.92 Å². The van der Waals surface area contributed by atoms with E-state index in [1.807, 2.05) is 35.2 Å². The lowest BCUT2D eigenvalue weighted by molar-refractivity contribution is -0.129. The lowest BCUT2D eigenvalue weighted by atomic mass is 10.1. The number of aromatic nitrogens is 3. The first kappa shape index (κ1) is 18.9. The normalized spacial score (nSPS) is 20.4. The fourth-order valence-corrected chi connectivity index (χ4v) is 4.03. The number of hydrogen-bond acceptors (Lipinski definition) is 4. The quantitative estimate of drug-likeness (QED) is 0.800. The first-order valence-electron chi connectivity index (χ1n) is 9.43. The molecule has 1 saturated heterocycles. The summed E-state index contributed by atoms with van der Waals surface area (Å²) in [5.74, 6) is 0.985. The topological polar surface area (TPSA) is 54.3 Å². The third-order valence-electron chi connectivity index (χ3n) is 5.38. The smallest absolute Gasteiger partial charge is 0.338 e. The number of alkyl halides is 3. The number of carbonyl (C=O) groups is 1. The Balaban J connectivity index is 1.32. The van der Waals surface area contributed by atoms with Gasteiger partial charge in [-0.05, 0) is 24.5 Å². The Morgan fingerprint density at radius 2 is 1.89 bits per heavy atom. The van der Waals surface area contributed by atoms with Gasteiger partial charge in [-0.3, -0.25) is 9.69 Å². The number of amides is 1. The molecular weight excluding hydrogens is 371 g/mol. The van der Waals surface area contributed by atoms with Crippen molar-refractivity contribution in [1.29, 1.82) is 0 Å². The second-order valence-corrected chi connectivity index (χ2v) is 7.48. The molecule has 0 saturated carbocycles. The summed E-state index contributed by atoms with van der Waals surface area (Å²) < 4.78 is 39.5. The Labute approximate surface area is 160 Å². The highest BCUT2D eigenvalue weighted by Gasteiger charge is 2.33. The summed E-state index contributed by atoms with van der Waals surface area (Å²) in [7, 11) is 0. The summed E-state index contributed by atoms with van der Waals surface area (Å²) in [4.78, 5) is 16.6. The van der Waals surface area contributed by atoms with Crippen LogP contribution in [0.4, 0.5) is 13.2 Å². The van der Waals surface area contributed by atoms with E-state index in [4.69, 9.17) is 0 Å². The van der Waals surface area contributed by atoms with Crippen LogP contribution in [0.15, 0.2) is 30.3 Å². The van der Waals surface area contributed by atoms with Gasteiger partial charge < -0.3 is 9.47 Å². The lowest BCUT2D eigenvalue weighted by Gasteiger charge is -2.30. The molecule has 3 heterocycles. The molecule has 1 aromatic carbocycles. The van der Waals surface area contributed by atoms with E-state index < -0.39 is 12.6 Å². The molecule has 150 valence electrons. The molecule has 0 N–H and O–H groups in total. The van der Waals surface area contributed by atoms with Gasteiger partial charge >= 0.3 is 6.18 Å². The number of halogens is 3. The maximum atomic E-state index is 12.6. The average molecular weight is 393 g/mol. The Morgan fingerprint density at radius 1 is 1.11 bits per heavy atom. The molecule has 0 bridgehead atoms. The molecule has 0 spiro atoms. The summed E-state index contributed by atoms with van der Waals surface area (Å²) in [6, 6.07) is 9.26. The van der Waals surface area contributed by atoms with Crippen molar-refractivity contribution in [1.82, 2.24) is 24.6 Å². The van der Waals surface area contributed by atoms with Crippen LogP contribution >= 0.6 is 0 Å². The number of fused-ring (bicyclic) bond motifs is 1. The van der Waals surface area contributed by atoms with Crippen molar-refractivity contribution in [3.63, 3.8) is 0 Å². The van der Waals surface area contributed by atoms with Gasteiger partial charge in [-0.2, -0.15) is 13.2 Å². The van der Waals surface area contributed by atoms with Gasteiger partial charge in [0, 0.05) is 38.3 Å². The second-order valence-electron chi connectivity index (χ2n) is 7.48. The number of benzene rings is 1. The highest BCUT2D eigenvalue weighted by molar-refractivity contribution is 5.94. The van der Waals surface area contributed by atoms with Gasteiger partial charge in [0.05, 0.1) is 6.54 Å². The maximum Gasteiger partial charge on any atom is 0.396 e. The molecule has 0 aliphatic carbocycles. The van der Waals surface area contributed by atoms with Crippen molar-refractivity contribution in [2.45, 2.75) is 32.1 Å². The minimum absolute atomic E-state index is 0.0114. The number of hydrogen-bond donors (Lipinski definition) is 0. The van der Waals surface area contributed by atoms with E-state index >= 15 is 0 Å². The van der Waals surface area contributed by atoms with Crippen LogP contribution in [0.2, 0.25) is 0 Å². The minimum Gasteiger partial charge on any atom is -0.338 e. The number of likely N-dealkylation sites (tertiary alicyclic amines) is 1. The molecule has 1 atom stereocenters. The van der Waals surface area contributed by atoms with Crippen LogP contribution in [0, 0.1) is 5.92 Å². The molecule has 4 rings (SSSR count). The third kappa shape index (κ3) is 4.19. The maximum absolute atomic E-state index is 12.6. The minimum atomic E-state index is -4.28. The van der Waals surface area contributed by atoms with E-state index in [2.05, 4.69) is 15.1 Å². The van der Waals surface area contributed by atoms with Crippen LogP contribution in [-0.4, -0.2) is 62.8 Å². The van der Waals surface area contributed by atoms with Crippen LogP contribution < -0.4 is 0 Å². The molecule has 9 heteroatoms. The first-order valence-corrected chi connectivity index (χ1v) is 9.43. The van der Waals surface area contributed by atoms with Crippen LogP contribution in [0.25, 0.3) is 0 Å². The van der Waals surface area contributed by atoms with Gasteiger partial charge in [-0.15, -0.1) is 10.2 Å². The molecule has 2 aliphatic rings. The molecule has 0 unspecified atom stereocenters. The molecule has 0 radical (unpaired) electrons. The van der Waals surface area contributed by atoms with E-state index in [1.54, 1.807) is 4.57 Å². The Bertz CT molecular complexity index is 836. The number of rotatable bonds is 4. The predicted molar refractivity (Wildman–Crippen MR) is 95.5 cm³/mol. The van der Waals surface area contributed by atoms with E-state index in [-0.39, 0.29) is 11.7 Å². The summed E-state index contributed by atoms with van der Waals surface area (Å²) in [5.41, 5.74) is 0.700. The van der Waals surface area contributed by atoms with Crippen molar-refractivity contribution < 1.29 is 18.0 Å². The van der Waals surface area contributed by atoms with E-state index in [0.717, 1.165) is 19.5 Å². The predicted octanol–water partition coefficient (Wildman–Crippen LogP) is 2.36. The molecule has 1 aromatic heterocycles. The summed E-state index contributed by atoms with van der Waals surface area (Å²) in [6.07, 6.45) is -4.39. The first-order chi connectivity index (χ1) is 13.4. The molecule has 28 heavy (non-hydrogen) atoms. The third-order valence-corrected chi connectivity index (χ3v) is 5.38. The van der Waals surface area contributed by atoms with Crippen LogP contribution in [0.1, 0.15) is 28.4 Å². The van der Waals surface area contributed by atoms with E-state index in [0.29, 0.717) is 43.5 Å². The Morgan fingerprint density at radius 3 is 2.64 bits per heavy atom. The highest BCUT2D eigenvalue weighted by Crippen LogP contribution is 2.24. The van der Waals surface area contributed by atoms with Crippen LogP contribution in [-0.2, 0) is 19.5 Å². The molecule has 1 fully saturated rings. The van der Waals surface area contributed by atoms with Crippen LogP contribution in [0.3, 0.4) is 0 Å². The summed E-state index contributed by atoms with van der Waals surface area (Å²) in [5, 5.41) is 7.69. The SMILES string of the molecule is O=C(c1ccccc1)N1CC[C@@H](CN2CCn3c(nnc3CC(F)(F)F)C2)C1.